The highest BCUT2D eigenvalue weighted by Gasteiger charge is 2.04. The molecule has 3 heteroatoms. The van der Waals surface area contributed by atoms with Crippen molar-refractivity contribution in [2.75, 3.05) is 0 Å². The van der Waals surface area contributed by atoms with Crippen molar-refractivity contribution in [2.45, 2.75) is 40.0 Å². The molecule has 2 aromatic carbocycles. The molecule has 0 saturated heterocycles. The lowest BCUT2D eigenvalue weighted by Crippen LogP contribution is -2.21. The molecule has 0 aliphatic heterocycles. The fourth-order valence-corrected chi connectivity index (χ4v) is 1.98. The Morgan fingerprint density at radius 3 is 2.33 bits per heavy atom. The molecule has 0 fully saturated rings. The Hall–Kier alpha value is -1.84. The first kappa shape index (κ1) is 15.5. The third-order valence-electron chi connectivity index (χ3n) is 3.30. The van der Waals surface area contributed by atoms with E-state index < -0.39 is 0 Å². The van der Waals surface area contributed by atoms with Crippen molar-refractivity contribution < 1.29 is 9.84 Å². The van der Waals surface area contributed by atoms with Crippen LogP contribution in [0.15, 0.2) is 42.5 Å². The molecule has 0 radical (unpaired) electrons. The van der Waals surface area contributed by atoms with Crippen molar-refractivity contribution in [2.24, 2.45) is 0 Å². The molecule has 0 aliphatic rings. The van der Waals surface area contributed by atoms with Crippen molar-refractivity contribution in [1.29, 1.82) is 0 Å². The van der Waals surface area contributed by atoms with E-state index in [0.717, 1.165) is 29.2 Å². The van der Waals surface area contributed by atoms with Gasteiger partial charge in [-0.3, -0.25) is 0 Å². The first-order valence-corrected chi connectivity index (χ1v) is 7.29. The van der Waals surface area contributed by atoms with Crippen LogP contribution in [0.25, 0.3) is 0 Å². The van der Waals surface area contributed by atoms with Gasteiger partial charge >= 0.3 is 0 Å². The minimum absolute atomic E-state index is 0.0513. The van der Waals surface area contributed by atoms with E-state index in [9.17, 15) is 0 Å². The number of aliphatic hydroxyl groups is 1. The molecule has 0 amide bonds. The molecule has 3 nitrogen and oxygen atoms in total. The van der Waals surface area contributed by atoms with Crippen molar-refractivity contribution in [3.05, 3.63) is 59.2 Å². The number of rotatable bonds is 6. The van der Waals surface area contributed by atoms with E-state index in [0.29, 0.717) is 6.04 Å². The lowest BCUT2D eigenvalue weighted by atomic mass is 10.1. The third-order valence-corrected chi connectivity index (χ3v) is 3.30. The molecule has 0 saturated carbocycles. The second kappa shape index (κ2) is 7.25. The molecule has 0 bridgehead atoms. The van der Waals surface area contributed by atoms with Gasteiger partial charge in [-0.05, 0) is 41.8 Å². The summed E-state index contributed by atoms with van der Waals surface area (Å²) in [5.74, 6) is 1.65. The van der Waals surface area contributed by atoms with Crippen LogP contribution in [0.1, 0.15) is 30.5 Å². The normalized spacial score (nSPS) is 10.9. The summed E-state index contributed by atoms with van der Waals surface area (Å²) in [5.41, 5.74) is 3.19. The highest BCUT2D eigenvalue weighted by Crippen LogP contribution is 2.26. The Labute approximate surface area is 126 Å². The highest BCUT2D eigenvalue weighted by atomic mass is 16.5. The van der Waals surface area contributed by atoms with E-state index in [2.05, 4.69) is 37.4 Å². The number of ether oxygens (including phenoxy) is 1. The Balaban J connectivity index is 2.12. The molecule has 112 valence electrons. The molecule has 0 heterocycles. The van der Waals surface area contributed by atoms with Gasteiger partial charge in [0.05, 0.1) is 6.61 Å². The summed E-state index contributed by atoms with van der Waals surface area (Å²) in [6.07, 6.45) is 0. The van der Waals surface area contributed by atoms with Crippen molar-refractivity contribution in [3.63, 3.8) is 0 Å². The van der Waals surface area contributed by atoms with Crippen LogP contribution in [-0.4, -0.2) is 11.1 Å². The summed E-state index contributed by atoms with van der Waals surface area (Å²) < 4.78 is 5.95. The van der Waals surface area contributed by atoms with Crippen molar-refractivity contribution in [1.82, 2.24) is 5.32 Å². The van der Waals surface area contributed by atoms with Gasteiger partial charge in [0.15, 0.2) is 0 Å². The molecule has 2 aromatic rings. The van der Waals surface area contributed by atoms with Gasteiger partial charge in [0.2, 0.25) is 0 Å². The van der Waals surface area contributed by atoms with Crippen molar-refractivity contribution >= 4 is 0 Å². The second-order valence-electron chi connectivity index (χ2n) is 5.54. The molecule has 0 unspecified atom stereocenters. The highest BCUT2D eigenvalue weighted by molar-refractivity contribution is 5.40. The molecule has 0 aliphatic carbocycles. The molecular formula is C18H23NO2. The van der Waals surface area contributed by atoms with E-state index in [1.807, 2.05) is 31.2 Å². The monoisotopic (exact) mass is 285 g/mol. The smallest absolute Gasteiger partial charge is 0.130 e. The summed E-state index contributed by atoms with van der Waals surface area (Å²) >= 11 is 0. The molecule has 0 spiro atoms. The van der Waals surface area contributed by atoms with Crippen LogP contribution >= 0.6 is 0 Å². The zero-order valence-corrected chi connectivity index (χ0v) is 12.9. The van der Waals surface area contributed by atoms with Crippen LogP contribution in [0.4, 0.5) is 0 Å². The first-order chi connectivity index (χ1) is 10.1. The molecule has 21 heavy (non-hydrogen) atoms. The summed E-state index contributed by atoms with van der Waals surface area (Å²) in [6, 6.07) is 14.2. The number of hydrogen-bond acceptors (Lipinski definition) is 3. The molecule has 0 atom stereocenters. The topological polar surface area (TPSA) is 41.5 Å². The first-order valence-electron chi connectivity index (χ1n) is 7.29. The minimum atomic E-state index is 0.0513. The molecule has 0 aromatic heterocycles. The van der Waals surface area contributed by atoms with E-state index in [1.165, 1.54) is 5.56 Å². The van der Waals surface area contributed by atoms with Gasteiger partial charge in [-0.2, -0.15) is 0 Å². The van der Waals surface area contributed by atoms with Gasteiger partial charge in [-0.1, -0.05) is 38.1 Å². The number of hydrogen-bond donors (Lipinski definition) is 2. The summed E-state index contributed by atoms with van der Waals surface area (Å²) in [5, 5.41) is 12.5. The van der Waals surface area contributed by atoms with Gasteiger partial charge in [0.25, 0.3) is 0 Å². The van der Waals surface area contributed by atoms with E-state index in [4.69, 9.17) is 9.84 Å². The Bertz CT molecular complexity index is 576. The Morgan fingerprint density at radius 1 is 1.05 bits per heavy atom. The quantitative estimate of drug-likeness (QED) is 0.848. The van der Waals surface area contributed by atoms with Crippen LogP contribution in [0.3, 0.4) is 0 Å². The van der Waals surface area contributed by atoms with Gasteiger partial charge in [0, 0.05) is 12.6 Å². The van der Waals surface area contributed by atoms with Crippen LogP contribution in [0.5, 0.6) is 11.5 Å². The zero-order chi connectivity index (χ0) is 15.2. The average Bonchev–Trinajstić information content (AvgIpc) is 2.48. The van der Waals surface area contributed by atoms with Crippen LogP contribution < -0.4 is 10.1 Å². The van der Waals surface area contributed by atoms with Crippen LogP contribution in [0.2, 0.25) is 0 Å². The Kier molecular flexibility index (Phi) is 5.37. The predicted octanol–water partition coefficient (Wildman–Crippen LogP) is 3.78. The molecular weight excluding hydrogens is 262 g/mol. The third kappa shape index (κ3) is 4.59. The Morgan fingerprint density at radius 2 is 1.71 bits per heavy atom. The summed E-state index contributed by atoms with van der Waals surface area (Å²) in [6.45, 7) is 7.19. The maximum atomic E-state index is 9.05. The van der Waals surface area contributed by atoms with Gasteiger partial charge in [0.1, 0.15) is 11.5 Å². The van der Waals surface area contributed by atoms with E-state index >= 15 is 0 Å². The van der Waals surface area contributed by atoms with Crippen molar-refractivity contribution in [3.8, 4) is 11.5 Å². The van der Waals surface area contributed by atoms with Gasteiger partial charge < -0.3 is 15.2 Å². The van der Waals surface area contributed by atoms with E-state index in [-0.39, 0.29) is 6.61 Å². The maximum Gasteiger partial charge on any atom is 0.130 e. The molecule has 2 N–H and O–H groups in total. The zero-order valence-electron chi connectivity index (χ0n) is 12.9. The predicted molar refractivity (Wildman–Crippen MR) is 85.6 cm³/mol. The van der Waals surface area contributed by atoms with Gasteiger partial charge in [-0.25, -0.2) is 0 Å². The lowest BCUT2D eigenvalue weighted by Gasteiger charge is -2.13. The van der Waals surface area contributed by atoms with E-state index in [1.54, 1.807) is 0 Å². The minimum Gasteiger partial charge on any atom is -0.457 e. The number of aryl methyl sites for hydroxylation is 1. The second-order valence-corrected chi connectivity index (χ2v) is 5.54. The van der Waals surface area contributed by atoms with Crippen LogP contribution in [0, 0.1) is 6.92 Å². The fourth-order valence-electron chi connectivity index (χ4n) is 1.98. The summed E-state index contributed by atoms with van der Waals surface area (Å²) in [4.78, 5) is 0. The SMILES string of the molecule is Cc1ccc(CNC(C)C)cc1Oc1ccc(CO)cc1. The standard InChI is InChI=1S/C18H23NO2/c1-13(2)19-11-16-5-4-14(3)18(10-16)21-17-8-6-15(12-20)7-9-17/h4-10,13,19-20H,11-12H2,1-3H3. The lowest BCUT2D eigenvalue weighted by molar-refractivity contribution is 0.281. The summed E-state index contributed by atoms with van der Waals surface area (Å²) in [7, 11) is 0. The van der Waals surface area contributed by atoms with Crippen LogP contribution in [-0.2, 0) is 13.2 Å². The number of benzene rings is 2. The molecule has 2 rings (SSSR count). The average molecular weight is 285 g/mol. The number of nitrogens with one attached hydrogen (secondary N) is 1. The fraction of sp³-hybridized carbons (Fsp3) is 0.333. The van der Waals surface area contributed by atoms with Gasteiger partial charge in [-0.15, -0.1) is 0 Å². The maximum absolute atomic E-state index is 9.05. The largest absolute Gasteiger partial charge is 0.457 e. The number of aliphatic hydroxyl groups excluding tert-OH is 1.